The maximum atomic E-state index is 12.3. The second-order valence-corrected chi connectivity index (χ2v) is 6.40. The summed E-state index contributed by atoms with van der Waals surface area (Å²) in [5, 5.41) is 0. The highest BCUT2D eigenvalue weighted by Crippen LogP contribution is 2.20. The van der Waals surface area contributed by atoms with Crippen LogP contribution >= 0.6 is 0 Å². The van der Waals surface area contributed by atoms with Crippen LogP contribution < -0.4 is 0 Å². The lowest BCUT2D eigenvalue weighted by Gasteiger charge is -2.42. The van der Waals surface area contributed by atoms with E-state index in [9.17, 15) is 4.79 Å². The van der Waals surface area contributed by atoms with Gasteiger partial charge >= 0.3 is 0 Å². The summed E-state index contributed by atoms with van der Waals surface area (Å²) in [5.41, 5.74) is 3.18. The van der Waals surface area contributed by atoms with Crippen molar-refractivity contribution in [1.82, 2.24) is 4.90 Å². The predicted octanol–water partition coefficient (Wildman–Crippen LogP) is 2.99. The maximum absolute atomic E-state index is 12.3. The third-order valence-corrected chi connectivity index (χ3v) is 3.97. The number of morpholine rings is 1. The molecule has 1 heterocycles. The molecule has 1 saturated heterocycles. The van der Waals surface area contributed by atoms with Crippen molar-refractivity contribution in [2.24, 2.45) is 0 Å². The summed E-state index contributed by atoms with van der Waals surface area (Å²) >= 11 is 0. The molecule has 0 N–H and O–H groups in total. The van der Waals surface area contributed by atoms with Crippen molar-refractivity contribution in [1.29, 1.82) is 0 Å². The van der Waals surface area contributed by atoms with Gasteiger partial charge in [0.25, 0.3) is 0 Å². The van der Waals surface area contributed by atoms with Crippen LogP contribution in [0, 0.1) is 13.8 Å². The summed E-state index contributed by atoms with van der Waals surface area (Å²) in [4.78, 5) is 14.7. The van der Waals surface area contributed by atoms with Crippen molar-refractivity contribution in [3.05, 3.63) is 34.9 Å². The molecular formula is C17H25NO2. The van der Waals surface area contributed by atoms with Gasteiger partial charge in [0.2, 0.25) is 0 Å². The first-order chi connectivity index (χ1) is 9.38. The van der Waals surface area contributed by atoms with E-state index in [1.165, 1.54) is 0 Å². The largest absolute Gasteiger partial charge is 0.378 e. The molecule has 0 aliphatic carbocycles. The van der Waals surface area contributed by atoms with E-state index in [2.05, 4.69) is 24.8 Å². The number of Topliss-reactive ketones (excluding diaryl/α,β-unsaturated/α-hetero) is 1. The van der Waals surface area contributed by atoms with Crippen molar-refractivity contribution < 1.29 is 9.53 Å². The number of nitrogens with zero attached hydrogens (tertiary/aromatic N) is 1. The Balaban J connectivity index is 1.98. The van der Waals surface area contributed by atoms with Gasteiger partial charge < -0.3 is 4.74 Å². The number of benzene rings is 1. The van der Waals surface area contributed by atoms with Crippen molar-refractivity contribution in [2.75, 3.05) is 26.3 Å². The third kappa shape index (κ3) is 3.68. The number of ether oxygens (including phenoxy) is 1. The van der Waals surface area contributed by atoms with Gasteiger partial charge in [-0.25, -0.2) is 0 Å². The van der Waals surface area contributed by atoms with Gasteiger partial charge in [-0.15, -0.1) is 0 Å². The molecule has 0 unspecified atom stereocenters. The first-order valence-corrected chi connectivity index (χ1v) is 7.33. The summed E-state index contributed by atoms with van der Waals surface area (Å²) in [7, 11) is 0. The van der Waals surface area contributed by atoms with Crippen molar-refractivity contribution in [3.63, 3.8) is 0 Å². The summed E-state index contributed by atoms with van der Waals surface area (Å²) in [5.74, 6) is 0.235. The second kappa shape index (κ2) is 6.06. The molecule has 0 atom stereocenters. The number of carbonyl (C=O) groups is 1. The molecule has 1 aromatic rings. The van der Waals surface area contributed by atoms with Gasteiger partial charge in [0.1, 0.15) is 0 Å². The average molecular weight is 275 g/mol. The van der Waals surface area contributed by atoms with Crippen LogP contribution in [-0.4, -0.2) is 42.5 Å². The number of rotatable bonds is 4. The first kappa shape index (κ1) is 15.2. The van der Waals surface area contributed by atoms with Gasteiger partial charge in [-0.1, -0.05) is 17.2 Å². The van der Waals surface area contributed by atoms with Gasteiger partial charge in [-0.05, 0) is 39.8 Å². The predicted molar refractivity (Wildman–Crippen MR) is 81.3 cm³/mol. The van der Waals surface area contributed by atoms with E-state index in [1.54, 1.807) is 0 Å². The number of carbonyl (C=O) groups excluding carboxylic acids is 1. The first-order valence-electron chi connectivity index (χ1n) is 7.33. The normalized spacial score (nSPS) is 19.0. The van der Waals surface area contributed by atoms with E-state index >= 15 is 0 Å². The minimum absolute atomic E-state index is 0.0288. The highest BCUT2D eigenvalue weighted by Gasteiger charge is 2.30. The van der Waals surface area contributed by atoms with E-state index < -0.39 is 0 Å². The molecule has 2 rings (SSSR count). The molecule has 0 saturated carbocycles. The Morgan fingerprint density at radius 2 is 1.90 bits per heavy atom. The Bertz CT molecular complexity index is 474. The van der Waals surface area contributed by atoms with Crippen LogP contribution in [0.15, 0.2) is 18.2 Å². The van der Waals surface area contributed by atoms with Crippen LogP contribution in [0.2, 0.25) is 0 Å². The van der Waals surface area contributed by atoms with Gasteiger partial charge in [-0.3, -0.25) is 9.69 Å². The third-order valence-electron chi connectivity index (χ3n) is 3.97. The molecule has 0 radical (unpaired) electrons. The topological polar surface area (TPSA) is 29.5 Å². The summed E-state index contributed by atoms with van der Waals surface area (Å²) in [6.07, 6.45) is 0.576. The van der Waals surface area contributed by atoms with Gasteiger partial charge in [0, 0.05) is 30.6 Å². The second-order valence-electron chi connectivity index (χ2n) is 6.40. The van der Waals surface area contributed by atoms with Crippen LogP contribution in [0.3, 0.4) is 0 Å². The fraction of sp³-hybridized carbons (Fsp3) is 0.588. The van der Waals surface area contributed by atoms with Gasteiger partial charge in [-0.2, -0.15) is 0 Å². The van der Waals surface area contributed by atoms with E-state index in [4.69, 9.17) is 4.74 Å². The monoisotopic (exact) mass is 275 g/mol. The van der Waals surface area contributed by atoms with Crippen LogP contribution in [0.5, 0.6) is 0 Å². The van der Waals surface area contributed by atoms with Crippen molar-refractivity contribution >= 4 is 5.78 Å². The zero-order valence-electron chi connectivity index (χ0n) is 13.0. The molecule has 110 valence electrons. The fourth-order valence-electron chi connectivity index (χ4n) is 2.82. The van der Waals surface area contributed by atoms with E-state index in [0.717, 1.165) is 43.0 Å². The van der Waals surface area contributed by atoms with Crippen LogP contribution in [-0.2, 0) is 4.74 Å². The maximum Gasteiger partial charge on any atom is 0.164 e. The molecule has 1 aliphatic rings. The van der Waals surface area contributed by atoms with Crippen LogP contribution in [0.1, 0.15) is 41.8 Å². The number of hydrogen-bond donors (Lipinski definition) is 0. The molecule has 0 aromatic heterocycles. The molecule has 3 nitrogen and oxygen atoms in total. The Morgan fingerprint density at radius 1 is 1.25 bits per heavy atom. The smallest absolute Gasteiger partial charge is 0.164 e. The summed E-state index contributed by atoms with van der Waals surface area (Å²) in [6, 6.07) is 6.07. The Morgan fingerprint density at radius 3 is 2.50 bits per heavy atom. The average Bonchev–Trinajstić information content (AvgIpc) is 2.35. The van der Waals surface area contributed by atoms with Crippen molar-refractivity contribution in [2.45, 2.75) is 39.7 Å². The highest BCUT2D eigenvalue weighted by atomic mass is 16.5. The molecule has 1 fully saturated rings. The minimum atomic E-state index is 0.0288. The Labute approximate surface area is 121 Å². The van der Waals surface area contributed by atoms with E-state index in [-0.39, 0.29) is 11.3 Å². The van der Waals surface area contributed by atoms with Crippen molar-refractivity contribution in [3.8, 4) is 0 Å². The minimum Gasteiger partial charge on any atom is -0.378 e. The molecule has 0 spiro atoms. The molecular weight excluding hydrogens is 250 g/mol. The summed E-state index contributed by atoms with van der Waals surface area (Å²) in [6.45, 7) is 11.6. The number of aryl methyl sites for hydroxylation is 2. The zero-order valence-corrected chi connectivity index (χ0v) is 13.0. The van der Waals surface area contributed by atoms with Gasteiger partial charge in [0.05, 0.1) is 13.2 Å². The molecule has 1 aromatic carbocycles. The quantitative estimate of drug-likeness (QED) is 0.791. The number of hydrogen-bond acceptors (Lipinski definition) is 3. The molecule has 0 bridgehead atoms. The molecule has 0 amide bonds. The molecule has 1 aliphatic heterocycles. The highest BCUT2D eigenvalue weighted by molar-refractivity contribution is 5.96. The Kier molecular flexibility index (Phi) is 4.61. The van der Waals surface area contributed by atoms with Gasteiger partial charge in [0.15, 0.2) is 5.78 Å². The Hall–Kier alpha value is -1.19. The fourth-order valence-corrected chi connectivity index (χ4v) is 2.82. The molecule has 3 heteroatoms. The number of ketones is 1. The SMILES string of the molecule is Cc1cc(C)cc(C(=O)CCN2CCOCC2(C)C)c1. The summed E-state index contributed by atoms with van der Waals surface area (Å²) < 4.78 is 5.51. The molecule has 20 heavy (non-hydrogen) atoms. The standard InChI is InChI=1S/C17H25NO2/c1-13-9-14(2)11-15(10-13)16(19)5-6-18-7-8-20-12-17(18,3)4/h9-11H,5-8,12H2,1-4H3. The van der Waals surface area contributed by atoms with E-state index in [0.29, 0.717) is 6.42 Å². The van der Waals surface area contributed by atoms with Crippen LogP contribution in [0.4, 0.5) is 0 Å². The van der Waals surface area contributed by atoms with E-state index in [1.807, 2.05) is 26.0 Å². The lowest BCUT2D eigenvalue weighted by molar-refractivity contribution is -0.0502. The lowest BCUT2D eigenvalue weighted by atomic mass is 9.99. The zero-order chi connectivity index (χ0) is 14.8. The van der Waals surface area contributed by atoms with Crippen LogP contribution in [0.25, 0.3) is 0 Å². The lowest BCUT2D eigenvalue weighted by Crippen LogP contribution is -2.53.